The molecule has 17 heavy (non-hydrogen) atoms. The van der Waals surface area contributed by atoms with Gasteiger partial charge < -0.3 is 9.67 Å². The zero-order valence-electron chi connectivity index (χ0n) is 10.0. The first-order valence-electron chi connectivity index (χ1n) is 5.94. The van der Waals surface area contributed by atoms with Crippen LogP contribution in [0.3, 0.4) is 0 Å². The van der Waals surface area contributed by atoms with Crippen molar-refractivity contribution in [3.05, 3.63) is 29.5 Å². The fraction of sp³-hybridized carbons (Fsp3) is 0.357. The highest BCUT2D eigenvalue weighted by Crippen LogP contribution is 2.41. The molecule has 3 heteroatoms. The Morgan fingerprint density at radius 1 is 1.41 bits per heavy atom. The summed E-state index contributed by atoms with van der Waals surface area (Å²) in [6.45, 7) is 3.57. The van der Waals surface area contributed by atoms with Crippen LogP contribution in [0.5, 0.6) is 5.75 Å². The zero-order valence-corrected chi connectivity index (χ0v) is 10.0. The van der Waals surface area contributed by atoms with Crippen molar-refractivity contribution in [3.8, 4) is 5.75 Å². The molecule has 0 spiro atoms. The fourth-order valence-electron chi connectivity index (χ4n) is 2.61. The molecule has 0 saturated heterocycles. The number of hydrogen-bond acceptors (Lipinski definition) is 2. The van der Waals surface area contributed by atoms with Crippen LogP contribution in [0.2, 0.25) is 0 Å². The molecule has 2 aromatic rings. The molecule has 0 radical (unpaired) electrons. The Hall–Kier alpha value is -1.77. The van der Waals surface area contributed by atoms with E-state index in [1.807, 2.05) is 13.0 Å². The number of phenols is 1. The predicted molar refractivity (Wildman–Crippen MR) is 66.6 cm³/mol. The Balaban J connectivity index is 2.40. The third kappa shape index (κ3) is 1.46. The predicted octanol–water partition coefficient (Wildman–Crippen LogP) is 3.19. The molecule has 3 nitrogen and oxygen atoms in total. The van der Waals surface area contributed by atoms with Gasteiger partial charge >= 0.3 is 0 Å². The highest BCUT2D eigenvalue weighted by atomic mass is 16.3. The molecular weight excluding hydrogens is 214 g/mol. The van der Waals surface area contributed by atoms with Crippen LogP contribution in [0.25, 0.3) is 10.9 Å². The summed E-state index contributed by atoms with van der Waals surface area (Å²) in [6, 6.07) is 5.80. The number of ketones is 1. The van der Waals surface area contributed by atoms with Crippen molar-refractivity contribution >= 4 is 16.7 Å². The van der Waals surface area contributed by atoms with Crippen molar-refractivity contribution in [3.63, 3.8) is 0 Å². The van der Waals surface area contributed by atoms with Gasteiger partial charge in [-0.25, -0.2) is 0 Å². The monoisotopic (exact) mass is 229 g/mol. The molecule has 88 valence electrons. The van der Waals surface area contributed by atoms with Crippen molar-refractivity contribution < 1.29 is 9.90 Å². The standard InChI is InChI=1S/C14H15NO2/c1-8-12-7-11(17)5-6-13(12)15(10-3-4-10)14(8)9(2)16/h5-7,10,17H,3-4H2,1-2H3. The molecule has 0 atom stereocenters. The number of carbonyl (C=O) groups is 1. The first-order chi connectivity index (χ1) is 8.09. The fourth-order valence-corrected chi connectivity index (χ4v) is 2.61. The maximum atomic E-state index is 11.8. The van der Waals surface area contributed by atoms with Gasteiger partial charge in [0.15, 0.2) is 5.78 Å². The maximum absolute atomic E-state index is 11.8. The van der Waals surface area contributed by atoms with Crippen LogP contribution >= 0.6 is 0 Å². The van der Waals surface area contributed by atoms with Crippen molar-refractivity contribution in [2.24, 2.45) is 0 Å². The molecule has 1 aromatic carbocycles. The number of fused-ring (bicyclic) bond motifs is 1. The third-order valence-electron chi connectivity index (χ3n) is 3.49. The number of Topliss-reactive ketones (excluding diaryl/α,β-unsaturated/α-hetero) is 1. The topological polar surface area (TPSA) is 42.2 Å². The molecule has 0 amide bonds. The van der Waals surface area contributed by atoms with E-state index < -0.39 is 0 Å². The Bertz CT molecular complexity index is 621. The van der Waals surface area contributed by atoms with Gasteiger partial charge in [0.05, 0.1) is 5.69 Å². The minimum Gasteiger partial charge on any atom is -0.508 e. The van der Waals surface area contributed by atoms with Gasteiger partial charge in [-0.15, -0.1) is 0 Å². The number of aromatic nitrogens is 1. The van der Waals surface area contributed by atoms with Crippen molar-refractivity contribution in [2.45, 2.75) is 32.7 Å². The lowest BCUT2D eigenvalue weighted by molar-refractivity contribution is 0.100. The van der Waals surface area contributed by atoms with Crippen LogP contribution in [0, 0.1) is 6.92 Å². The number of carbonyl (C=O) groups excluding carboxylic acids is 1. The second kappa shape index (κ2) is 3.36. The number of aryl methyl sites for hydroxylation is 1. The van der Waals surface area contributed by atoms with Crippen molar-refractivity contribution in [1.82, 2.24) is 4.57 Å². The molecule has 0 bridgehead atoms. The Labute approximate surface area is 99.7 Å². The summed E-state index contributed by atoms with van der Waals surface area (Å²) >= 11 is 0. The van der Waals surface area contributed by atoms with Crippen LogP contribution in [-0.4, -0.2) is 15.5 Å². The van der Waals surface area contributed by atoms with Crippen LogP contribution in [-0.2, 0) is 0 Å². The summed E-state index contributed by atoms with van der Waals surface area (Å²) in [5.41, 5.74) is 2.84. The lowest BCUT2D eigenvalue weighted by atomic mass is 10.1. The second-order valence-corrected chi connectivity index (χ2v) is 4.83. The number of rotatable bonds is 2. The molecule has 3 rings (SSSR count). The van der Waals surface area contributed by atoms with Gasteiger partial charge in [-0.1, -0.05) is 0 Å². The summed E-state index contributed by atoms with van der Waals surface area (Å²) in [5, 5.41) is 10.5. The highest BCUT2D eigenvalue weighted by Gasteiger charge is 2.30. The molecule has 0 aliphatic heterocycles. The Morgan fingerprint density at radius 3 is 2.71 bits per heavy atom. The summed E-state index contributed by atoms with van der Waals surface area (Å²) in [6.07, 6.45) is 2.29. The smallest absolute Gasteiger partial charge is 0.176 e. The van der Waals surface area contributed by atoms with Crippen LogP contribution in [0.4, 0.5) is 0 Å². The summed E-state index contributed by atoms with van der Waals surface area (Å²) < 4.78 is 2.15. The summed E-state index contributed by atoms with van der Waals surface area (Å²) in [7, 11) is 0. The second-order valence-electron chi connectivity index (χ2n) is 4.83. The highest BCUT2D eigenvalue weighted by molar-refractivity contribution is 6.02. The van der Waals surface area contributed by atoms with Crippen molar-refractivity contribution in [2.75, 3.05) is 0 Å². The van der Waals surface area contributed by atoms with Gasteiger partial charge in [0.2, 0.25) is 0 Å². The van der Waals surface area contributed by atoms with E-state index in [-0.39, 0.29) is 11.5 Å². The van der Waals surface area contributed by atoms with E-state index in [2.05, 4.69) is 4.57 Å². The number of aromatic hydroxyl groups is 1. The molecule has 1 N–H and O–H groups in total. The van der Waals surface area contributed by atoms with Gasteiger partial charge in [0, 0.05) is 23.9 Å². The number of benzene rings is 1. The molecule has 0 unspecified atom stereocenters. The quantitative estimate of drug-likeness (QED) is 0.803. The van der Waals surface area contributed by atoms with Gasteiger partial charge in [-0.3, -0.25) is 4.79 Å². The molecule has 1 aromatic heterocycles. The lowest BCUT2D eigenvalue weighted by Gasteiger charge is -2.07. The number of nitrogens with zero attached hydrogens (tertiary/aromatic N) is 1. The number of phenolic OH excluding ortho intramolecular Hbond substituents is 1. The van der Waals surface area contributed by atoms with Crippen molar-refractivity contribution in [1.29, 1.82) is 0 Å². The Kier molecular flexibility index (Phi) is 2.05. The van der Waals surface area contributed by atoms with Crippen LogP contribution in [0.15, 0.2) is 18.2 Å². The summed E-state index contributed by atoms with van der Waals surface area (Å²) in [4.78, 5) is 11.8. The molecule has 1 saturated carbocycles. The van der Waals surface area contributed by atoms with E-state index in [9.17, 15) is 9.90 Å². The van der Waals surface area contributed by atoms with Gasteiger partial charge in [-0.05, 0) is 43.5 Å². The van der Waals surface area contributed by atoms with Crippen LogP contribution in [0.1, 0.15) is 41.9 Å². The lowest BCUT2D eigenvalue weighted by Crippen LogP contribution is -2.05. The molecule has 1 aliphatic rings. The third-order valence-corrected chi connectivity index (χ3v) is 3.49. The first kappa shape index (κ1) is 10.4. The van der Waals surface area contributed by atoms with E-state index in [0.29, 0.717) is 6.04 Å². The normalized spacial score (nSPS) is 15.4. The van der Waals surface area contributed by atoms with Gasteiger partial charge in [0.1, 0.15) is 5.75 Å². The minimum atomic E-state index is 0.102. The SMILES string of the molecule is CC(=O)c1c(C)c2cc(O)ccc2n1C1CC1. The van der Waals surface area contributed by atoms with E-state index in [1.165, 1.54) is 0 Å². The molecule has 1 fully saturated rings. The van der Waals surface area contributed by atoms with Crippen LogP contribution < -0.4 is 0 Å². The number of hydrogen-bond donors (Lipinski definition) is 1. The zero-order chi connectivity index (χ0) is 12.2. The molecule has 1 aliphatic carbocycles. The minimum absolute atomic E-state index is 0.102. The van der Waals surface area contributed by atoms with E-state index in [1.54, 1.807) is 19.1 Å². The average molecular weight is 229 g/mol. The Morgan fingerprint density at radius 2 is 2.12 bits per heavy atom. The van der Waals surface area contributed by atoms with Gasteiger partial charge in [-0.2, -0.15) is 0 Å². The van der Waals surface area contributed by atoms with Gasteiger partial charge in [0.25, 0.3) is 0 Å². The van der Waals surface area contributed by atoms with E-state index in [0.717, 1.165) is 35.0 Å². The largest absolute Gasteiger partial charge is 0.508 e. The molecular formula is C14H15NO2. The van der Waals surface area contributed by atoms with E-state index in [4.69, 9.17) is 0 Å². The van der Waals surface area contributed by atoms with E-state index >= 15 is 0 Å². The molecule has 1 heterocycles. The average Bonchev–Trinajstić information content (AvgIpc) is 3.05. The maximum Gasteiger partial charge on any atom is 0.176 e. The first-order valence-corrected chi connectivity index (χ1v) is 5.94. The summed E-state index contributed by atoms with van der Waals surface area (Å²) in [5.74, 6) is 0.355.